The molecule has 2 rings (SSSR count). The van der Waals surface area contributed by atoms with E-state index in [0.717, 1.165) is 0 Å². The number of rotatable bonds is 2. The molecule has 0 spiro atoms. The maximum absolute atomic E-state index is 6.03. The summed E-state index contributed by atoms with van der Waals surface area (Å²) in [6.45, 7) is 12.8. The normalized spacial score (nSPS) is 22.4. The maximum Gasteiger partial charge on any atom is 0.505 e. The summed E-state index contributed by atoms with van der Waals surface area (Å²) in [6.07, 6.45) is 0. The Morgan fingerprint density at radius 2 is 1.65 bits per heavy atom. The minimum atomic E-state index is -0.250. The van der Waals surface area contributed by atoms with Crippen molar-refractivity contribution in [3.63, 3.8) is 0 Å². The fraction of sp³-hybridized carbons (Fsp3) is 0.692. The summed E-state index contributed by atoms with van der Waals surface area (Å²) >= 11 is 1.73. The molecule has 0 amide bonds. The van der Waals surface area contributed by atoms with Crippen molar-refractivity contribution < 1.29 is 9.31 Å². The highest BCUT2D eigenvalue weighted by molar-refractivity contribution is 7.20. The Balaban J connectivity index is 2.20. The van der Waals surface area contributed by atoms with E-state index < -0.39 is 0 Å². The molecule has 0 bridgehead atoms. The van der Waals surface area contributed by atoms with Crippen molar-refractivity contribution in [2.24, 2.45) is 0 Å². The van der Waals surface area contributed by atoms with Crippen molar-refractivity contribution in [1.29, 1.82) is 0 Å². The van der Waals surface area contributed by atoms with E-state index in [1.807, 2.05) is 0 Å². The van der Waals surface area contributed by atoms with E-state index in [2.05, 4.69) is 53.0 Å². The standard InChI is InChI=1S/C13H21BO2S/c1-9(2)10-7-11(17-8-10)14-15-12(3,4)13(5,6)16-14/h7-9H,1-6H3. The van der Waals surface area contributed by atoms with Gasteiger partial charge in [-0.3, -0.25) is 0 Å². The molecule has 0 unspecified atom stereocenters. The summed E-state index contributed by atoms with van der Waals surface area (Å²) in [5.41, 5.74) is 0.860. The molecule has 1 aliphatic heterocycles. The van der Waals surface area contributed by atoms with Gasteiger partial charge < -0.3 is 9.31 Å². The van der Waals surface area contributed by atoms with Gasteiger partial charge in [-0.05, 0) is 50.6 Å². The first-order valence-electron chi connectivity index (χ1n) is 6.17. The zero-order chi connectivity index (χ0) is 12.8. The third kappa shape index (κ3) is 2.31. The summed E-state index contributed by atoms with van der Waals surface area (Å²) in [5, 5.41) is 2.20. The minimum Gasteiger partial charge on any atom is -0.399 e. The van der Waals surface area contributed by atoms with Crippen LogP contribution >= 0.6 is 11.3 Å². The van der Waals surface area contributed by atoms with E-state index in [0.29, 0.717) is 5.92 Å². The van der Waals surface area contributed by atoms with Crippen LogP contribution in [0.2, 0.25) is 0 Å². The molecule has 0 aromatic carbocycles. The molecule has 0 aliphatic carbocycles. The lowest BCUT2D eigenvalue weighted by Gasteiger charge is -2.32. The van der Waals surface area contributed by atoms with Crippen LogP contribution in [0, 0.1) is 0 Å². The van der Waals surface area contributed by atoms with Gasteiger partial charge in [-0.2, -0.15) is 11.3 Å². The highest BCUT2D eigenvalue weighted by atomic mass is 32.1. The molecule has 0 N–H and O–H groups in total. The van der Waals surface area contributed by atoms with Gasteiger partial charge in [0.25, 0.3) is 0 Å². The van der Waals surface area contributed by atoms with Crippen LogP contribution in [0.15, 0.2) is 11.4 Å². The van der Waals surface area contributed by atoms with Crippen molar-refractivity contribution in [3.05, 3.63) is 17.0 Å². The van der Waals surface area contributed by atoms with Crippen molar-refractivity contribution in [2.45, 2.75) is 58.7 Å². The molecule has 0 atom stereocenters. The summed E-state index contributed by atoms with van der Waals surface area (Å²) in [6, 6.07) is 2.21. The Morgan fingerprint density at radius 3 is 2.06 bits per heavy atom. The van der Waals surface area contributed by atoms with Gasteiger partial charge in [0.2, 0.25) is 0 Å². The quantitative estimate of drug-likeness (QED) is 0.753. The van der Waals surface area contributed by atoms with Crippen LogP contribution in [0.25, 0.3) is 0 Å². The average molecular weight is 252 g/mol. The Labute approximate surface area is 108 Å². The van der Waals surface area contributed by atoms with Gasteiger partial charge in [-0.15, -0.1) is 0 Å². The van der Waals surface area contributed by atoms with E-state index in [-0.39, 0.29) is 18.3 Å². The zero-order valence-corrected chi connectivity index (χ0v) is 12.4. The zero-order valence-electron chi connectivity index (χ0n) is 11.5. The van der Waals surface area contributed by atoms with Crippen LogP contribution in [0.4, 0.5) is 0 Å². The van der Waals surface area contributed by atoms with Crippen molar-refractivity contribution in [2.75, 3.05) is 0 Å². The number of hydrogen-bond acceptors (Lipinski definition) is 3. The van der Waals surface area contributed by atoms with Gasteiger partial charge in [-0.25, -0.2) is 0 Å². The fourth-order valence-corrected chi connectivity index (χ4v) is 2.78. The summed E-state index contributed by atoms with van der Waals surface area (Å²) in [7, 11) is -0.211. The predicted octanol–water partition coefficient (Wildman–Crippen LogP) is 3.17. The minimum absolute atomic E-state index is 0.211. The lowest BCUT2D eigenvalue weighted by Crippen LogP contribution is -2.41. The van der Waals surface area contributed by atoms with E-state index in [4.69, 9.17) is 9.31 Å². The van der Waals surface area contributed by atoms with E-state index in [1.54, 1.807) is 11.3 Å². The Hall–Kier alpha value is -0.315. The van der Waals surface area contributed by atoms with Crippen LogP contribution in [0.3, 0.4) is 0 Å². The van der Waals surface area contributed by atoms with Crippen LogP contribution in [0.5, 0.6) is 0 Å². The molecular weight excluding hydrogens is 231 g/mol. The predicted molar refractivity (Wildman–Crippen MR) is 74.1 cm³/mol. The molecule has 2 heterocycles. The lowest BCUT2D eigenvalue weighted by atomic mass is 9.86. The maximum atomic E-state index is 6.03. The van der Waals surface area contributed by atoms with E-state index in [9.17, 15) is 0 Å². The number of thiophene rings is 1. The molecule has 0 saturated carbocycles. The van der Waals surface area contributed by atoms with Crippen LogP contribution in [0.1, 0.15) is 53.0 Å². The van der Waals surface area contributed by atoms with Gasteiger partial charge in [-0.1, -0.05) is 13.8 Å². The number of hydrogen-bond donors (Lipinski definition) is 0. The third-order valence-corrected chi connectivity index (χ3v) is 4.76. The molecule has 1 fully saturated rings. The first-order valence-corrected chi connectivity index (χ1v) is 7.05. The highest BCUT2D eigenvalue weighted by Crippen LogP contribution is 2.37. The molecule has 1 aliphatic rings. The molecule has 1 aromatic heterocycles. The third-order valence-electron chi connectivity index (χ3n) is 3.79. The smallest absolute Gasteiger partial charge is 0.399 e. The van der Waals surface area contributed by atoms with E-state index >= 15 is 0 Å². The summed E-state index contributed by atoms with van der Waals surface area (Å²) in [5.74, 6) is 0.558. The van der Waals surface area contributed by atoms with E-state index in [1.165, 1.54) is 10.3 Å². The Kier molecular flexibility index (Phi) is 3.17. The van der Waals surface area contributed by atoms with Crippen LogP contribution in [-0.2, 0) is 9.31 Å². The van der Waals surface area contributed by atoms with Gasteiger partial charge in [0, 0.05) is 4.78 Å². The lowest BCUT2D eigenvalue weighted by molar-refractivity contribution is 0.00578. The van der Waals surface area contributed by atoms with Crippen molar-refractivity contribution in [1.82, 2.24) is 0 Å². The topological polar surface area (TPSA) is 18.5 Å². The highest BCUT2D eigenvalue weighted by Gasteiger charge is 2.52. The molecule has 1 saturated heterocycles. The van der Waals surface area contributed by atoms with Gasteiger partial charge >= 0.3 is 7.12 Å². The molecule has 2 nitrogen and oxygen atoms in total. The largest absolute Gasteiger partial charge is 0.505 e. The second-order valence-corrected chi connectivity index (χ2v) is 6.97. The molecule has 4 heteroatoms. The van der Waals surface area contributed by atoms with Gasteiger partial charge in [0.15, 0.2) is 0 Å². The Morgan fingerprint density at radius 1 is 1.12 bits per heavy atom. The molecule has 0 radical (unpaired) electrons. The molecule has 94 valence electrons. The fourth-order valence-electron chi connectivity index (χ4n) is 1.75. The SMILES string of the molecule is CC(C)c1csc(B2OC(C)(C)C(C)(C)O2)c1. The molecule has 1 aromatic rings. The summed E-state index contributed by atoms with van der Waals surface area (Å²) in [4.78, 5) is 0. The second kappa shape index (κ2) is 4.11. The molecule has 17 heavy (non-hydrogen) atoms. The summed E-state index contributed by atoms with van der Waals surface area (Å²) < 4.78 is 13.2. The van der Waals surface area contributed by atoms with Crippen molar-refractivity contribution in [3.8, 4) is 0 Å². The van der Waals surface area contributed by atoms with Crippen LogP contribution < -0.4 is 4.78 Å². The second-order valence-electron chi connectivity index (χ2n) is 6.03. The first kappa shape index (κ1) is 13.1. The Bertz CT molecular complexity index is 393. The van der Waals surface area contributed by atoms with Gasteiger partial charge in [0.1, 0.15) is 0 Å². The molecular formula is C13H21BO2S. The first-order chi connectivity index (χ1) is 7.73. The van der Waals surface area contributed by atoms with Crippen molar-refractivity contribution >= 4 is 23.2 Å². The monoisotopic (exact) mass is 252 g/mol. The van der Waals surface area contributed by atoms with Crippen LogP contribution in [-0.4, -0.2) is 18.3 Å². The average Bonchev–Trinajstić information content (AvgIpc) is 2.70. The van der Waals surface area contributed by atoms with Gasteiger partial charge in [0.05, 0.1) is 11.2 Å².